The van der Waals surface area contributed by atoms with Gasteiger partial charge in [0.05, 0.1) is 0 Å². The summed E-state index contributed by atoms with van der Waals surface area (Å²) in [5, 5.41) is 7.10. The van der Waals surface area contributed by atoms with E-state index in [-0.39, 0.29) is 5.91 Å². The number of benzene rings is 1. The van der Waals surface area contributed by atoms with E-state index in [1.54, 1.807) is 24.7 Å². The fraction of sp³-hybridized carbons (Fsp3) is 0.364. The Bertz CT molecular complexity index is 955. The number of carbonyl (C=O) groups excluding carboxylic acids is 1. The molecule has 150 valence electrons. The van der Waals surface area contributed by atoms with Crippen LogP contribution in [0.4, 0.5) is 0 Å². The largest absolute Gasteiger partial charge is 0.348 e. The number of amides is 1. The van der Waals surface area contributed by atoms with Crippen molar-refractivity contribution in [2.24, 2.45) is 5.92 Å². The van der Waals surface area contributed by atoms with Crippen LogP contribution in [-0.2, 0) is 13.1 Å². The van der Waals surface area contributed by atoms with Crippen LogP contribution in [-0.4, -0.2) is 43.6 Å². The zero-order chi connectivity index (χ0) is 20.1. The molecule has 0 saturated carbocycles. The van der Waals surface area contributed by atoms with Crippen molar-refractivity contribution in [3.8, 4) is 5.82 Å². The first-order valence-electron chi connectivity index (χ1n) is 10.1. The lowest BCUT2D eigenvalue weighted by Gasteiger charge is -2.31. The van der Waals surface area contributed by atoms with Gasteiger partial charge in [0.1, 0.15) is 12.7 Å². The molecule has 1 atom stereocenters. The third kappa shape index (κ3) is 4.86. The highest BCUT2D eigenvalue weighted by molar-refractivity contribution is 5.94. The molecule has 2 aromatic heterocycles. The molecule has 7 nitrogen and oxygen atoms in total. The van der Waals surface area contributed by atoms with Crippen LogP contribution < -0.4 is 5.32 Å². The summed E-state index contributed by atoms with van der Waals surface area (Å²) in [4.78, 5) is 23.4. The quantitative estimate of drug-likeness (QED) is 0.700. The topological polar surface area (TPSA) is 75.9 Å². The van der Waals surface area contributed by atoms with Crippen molar-refractivity contribution in [1.82, 2.24) is 30.0 Å². The molecule has 1 aromatic carbocycles. The lowest BCUT2D eigenvalue weighted by Crippen LogP contribution is -2.34. The predicted octanol–water partition coefficient (Wildman–Crippen LogP) is 2.82. The van der Waals surface area contributed by atoms with Crippen molar-refractivity contribution in [3.63, 3.8) is 0 Å². The molecule has 1 N–H and O–H groups in total. The van der Waals surface area contributed by atoms with Gasteiger partial charge in [0, 0.05) is 31.4 Å². The molecule has 0 aliphatic carbocycles. The first-order valence-corrected chi connectivity index (χ1v) is 10.1. The van der Waals surface area contributed by atoms with E-state index in [4.69, 9.17) is 0 Å². The number of pyridine rings is 1. The summed E-state index contributed by atoms with van der Waals surface area (Å²) in [6.45, 7) is 6.04. The summed E-state index contributed by atoms with van der Waals surface area (Å²) in [5.41, 5.74) is 2.98. The van der Waals surface area contributed by atoms with Gasteiger partial charge >= 0.3 is 0 Å². The van der Waals surface area contributed by atoms with Crippen LogP contribution in [0, 0.1) is 5.92 Å². The van der Waals surface area contributed by atoms with E-state index in [1.807, 2.05) is 6.07 Å². The van der Waals surface area contributed by atoms with Crippen LogP contribution in [0.25, 0.3) is 5.82 Å². The number of nitrogens with one attached hydrogen (secondary N) is 1. The fourth-order valence-corrected chi connectivity index (χ4v) is 3.84. The van der Waals surface area contributed by atoms with E-state index in [0.29, 0.717) is 17.9 Å². The Labute approximate surface area is 170 Å². The minimum Gasteiger partial charge on any atom is -0.348 e. The average Bonchev–Trinajstić information content (AvgIpc) is 3.28. The maximum absolute atomic E-state index is 12.7. The average molecular weight is 390 g/mol. The highest BCUT2D eigenvalue weighted by Gasteiger charge is 2.17. The van der Waals surface area contributed by atoms with E-state index in [1.165, 1.54) is 29.4 Å². The Morgan fingerprint density at radius 2 is 2.10 bits per heavy atom. The zero-order valence-corrected chi connectivity index (χ0v) is 16.7. The minimum absolute atomic E-state index is 0.129. The SMILES string of the molecule is CC1CCCN(Cc2ccccc2CNC(=O)c2ccnc(-n3cncn3)c2)C1. The molecule has 1 aliphatic heterocycles. The van der Waals surface area contributed by atoms with E-state index in [2.05, 4.69) is 50.4 Å². The molecule has 1 fully saturated rings. The van der Waals surface area contributed by atoms with Gasteiger partial charge in [-0.2, -0.15) is 5.10 Å². The van der Waals surface area contributed by atoms with Crippen molar-refractivity contribution < 1.29 is 4.79 Å². The minimum atomic E-state index is -0.129. The maximum Gasteiger partial charge on any atom is 0.251 e. The molecule has 1 saturated heterocycles. The third-order valence-electron chi connectivity index (χ3n) is 5.35. The molecular formula is C22H26N6O. The number of piperidine rings is 1. The van der Waals surface area contributed by atoms with Crippen LogP contribution in [0.2, 0.25) is 0 Å². The van der Waals surface area contributed by atoms with Gasteiger partial charge in [-0.3, -0.25) is 9.69 Å². The second-order valence-electron chi connectivity index (χ2n) is 7.68. The molecule has 3 heterocycles. The van der Waals surface area contributed by atoms with Crippen LogP contribution in [0.15, 0.2) is 55.2 Å². The predicted molar refractivity (Wildman–Crippen MR) is 110 cm³/mol. The summed E-state index contributed by atoms with van der Waals surface area (Å²) in [5.74, 6) is 1.19. The number of rotatable bonds is 6. The summed E-state index contributed by atoms with van der Waals surface area (Å²) < 4.78 is 1.53. The monoisotopic (exact) mass is 390 g/mol. The van der Waals surface area contributed by atoms with Gasteiger partial charge in [-0.25, -0.2) is 14.6 Å². The summed E-state index contributed by atoms with van der Waals surface area (Å²) in [6.07, 6.45) is 7.18. The van der Waals surface area contributed by atoms with Crippen molar-refractivity contribution in [3.05, 3.63) is 71.9 Å². The van der Waals surface area contributed by atoms with Gasteiger partial charge in [0.25, 0.3) is 5.91 Å². The Balaban J connectivity index is 1.41. The Morgan fingerprint density at radius 3 is 2.90 bits per heavy atom. The highest BCUT2D eigenvalue weighted by Crippen LogP contribution is 2.19. The Hall–Kier alpha value is -3.06. The molecule has 29 heavy (non-hydrogen) atoms. The molecule has 0 bridgehead atoms. The van der Waals surface area contributed by atoms with Gasteiger partial charge in [-0.05, 0) is 48.6 Å². The smallest absolute Gasteiger partial charge is 0.251 e. The van der Waals surface area contributed by atoms with Crippen molar-refractivity contribution in [2.45, 2.75) is 32.9 Å². The zero-order valence-electron chi connectivity index (χ0n) is 16.7. The summed E-state index contributed by atoms with van der Waals surface area (Å²) >= 11 is 0. The van der Waals surface area contributed by atoms with Gasteiger partial charge in [-0.1, -0.05) is 31.2 Å². The lowest BCUT2D eigenvalue weighted by molar-refractivity contribution is 0.0950. The number of hydrogen-bond acceptors (Lipinski definition) is 5. The number of nitrogens with zero attached hydrogens (tertiary/aromatic N) is 5. The molecular weight excluding hydrogens is 364 g/mol. The standard InChI is InChI=1S/C22H26N6O/c1-17-5-4-10-27(13-17)14-20-7-3-2-6-19(20)12-25-22(29)18-8-9-24-21(11-18)28-16-23-15-26-28/h2-3,6-9,11,15-17H,4-5,10,12-14H2,1H3,(H,25,29). The summed E-state index contributed by atoms with van der Waals surface area (Å²) in [7, 11) is 0. The Morgan fingerprint density at radius 1 is 1.24 bits per heavy atom. The highest BCUT2D eigenvalue weighted by atomic mass is 16.1. The van der Waals surface area contributed by atoms with E-state index >= 15 is 0 Å². The van der Waals surface area contributed by atoms with E-state index < -0.39 is 0 Å². The van der Waals surface area contributed by atoms with E-state index in [0.717, 1.165) is 31.1 Å². The molecule has 1 amide bonds. The number of hydrogen-bond donors (Lipinski definition) is 1. The summed E-state index contributed by atoms with van der Waals surface area (Å²) in [6, 6.07) is 11.8. The van der Waals surface area contributed by atoms with Crippen LogP contribution >= 0.6 is 0 Å². The van der Waals surface area contributed by atoms with Gasteiger partial charge < -0.3 is 5.32 Å². The van der Waals surface area contributed by atoms with Gasteiger partial charge in [0.15, 0.2) is 5.82 Å². The molecule has 7 heteroatoms. The molecule has 0 radical (unpaired) electrons. The van der Waals surface area contributed by atoms with E-state index in [9.17, 15) is 4.79 Å². The molecule has 1 aliphatic rings. The third-order valence-corrected chi connectivity index (χ3v) is 5.35. The number of carbonyl (C=O) groups is 1. The molecule has 4 rings (SSSR count). The van der Waals surface area contributed by atoms with Crippen molar-refractivity contribution in [1.29, 1.82) is 0 Å². The number of aromatic nitrogens is 4. The molecule has 0 spiro atoms. The van der Waals surface area contributed by atoms with Crippen molar-refractivity contribution >= 4 is 5.91 Å². The molecule has 3 aromatic rings. The Kier molecular flexibility index (Phi) is 5.95. The lowest BCUT2D eigenvalue weighted by atomic mass is 9.99. The maximum atomic E-state index is 12.7. The van der Waals surface area contributed by atoms with Gasteiger partial charge in [-0.15, -0.1) is 0 Å². The second kappa shape index (κ2) is 8.96. The first-order chi connectivity index (χ1) is 14.2. The normalized spacial score (nSPS) is 17.2. The van der Waals surface area contributed by atoms with Gasteiger partial charge in [0.2, 0.25) is 0 Å². The molecule has 1 unspecified atom stereocenters. The second-order valence-corrected chi connectivity index (χ2v) is 7.68. The van der Waals surface area contributed by atoms with Crippen LogP contribution in [0.5, 0.6) is 0 Å². The van der Waals surface area contributed by atoms with Crippen LogP contribution in [0.3, 0.4) is 0 Å². The fourth-order valence-electron chi connectivity index (χ4n) is 3.84. The van der Waals surface area contributed by atoms with Crippen molar-refractivity contribution in [2.75, 3.05) is 13.1 Å². The van der Waals surface area contributed by atoms with Crippen LogP contribution in [0.1, 0.15) is 41.3 Å². The number of likely N-dealkylation sites (tertiary alicyclic amines) is 1. The first kappa shape index (κ1) is 19.3.